The topological polar surface area (TPSA) is 12.0 Å². The lowest BCUT2D eigenvalue weighted by Gasteiger charge is -2.17. The van der Waals surface area contributed by atoms with Crippen LogP contribution < -0.4 is 5.32 Å². The van der Waals surface area contributed by atoms with Crippen LogP contribution in [0.1, 0.15) is 11.1 Å². The zero-order chi connectivity index (χ0) is 14.5. The predicted molar refractivity (Wildman–Crippen MR) is 90.8 cm³/mol. The summed E-state index contributed by atoms with van der Waals surface area (Å²) in [5.74, 6) is -0.236. The zero-order valence-corrected chi connectivity index (χ0v) is 14.1. The second kappa shape index (κ2) is 7.38. The van der Waals surface area contributed by atoms with Crippen LogP contribution in [0.25, 0.3) is 0 Å². The summed E-state index contributed by atoms with van der Waals surface area (Å²) in [6.07, 6.45) is 1.42. The summed E-state index contributed by atoms with van der Waals surface area (Å²) < 4.78 is 15.0. The van der Waals surface area contributed by atoms with Gasteiger partial charge in [0.1, 0.15) is 5.82 Å². The van der Waals surface area contributed by atoms with Crippen molar-refractivity contribution < 1.29 is 4.39 Å². The van der Waals surface area contributed by atoms with Gasteiger partial charge in [0.05, 0.1) is 0 Å². The Labute approximate surface area is 137 Å². The molecule has 0 saturated heterocycles. The average molecular weight is 404 g/mol. The first-order valence-corrected chi connectivity index (χ1v) is 7.90. The van der Waals surface area contributed by atoms with Crippen LogP contribution in [0.3, 0.4) is 0 Å². The van der Waals surface area contributed by atoms with Gasteiger partial charge in [0.25, 0.3) is 0 Å². The van der Waals surface area contributed by atoms with Gasteiger partial charge in [-0.1, -0.05) is 29.8 Å². The van der Waals surface area contributed by atoms with Gasteiger partial charge < -0.3 is 5.32 Å². The molecule has 0 amide bonds. The van der Waals surface area contributed by atoms with Gasteiger partial charge in [-0.15, -0.1) is 0 Å². The monoisotopic (exact) mass is 403 g/mol. The van der Waals surface area contributed by atoms with Crippen molar-refractivity contribution >= 4 is 34.2 Å². The lowest BCUT2D eigenvalue weighted by Crippen LogP contribution is -2.30. The summed E-state index contributed by atoms with van der Waals surface area (Å²) in [6, 6.07) is 13.4. The summed E-state index contributed by atoms with van der Waals surface area (Å²) in [7, 11) is 1.89. The van der Waals surface area contributed by atoms with Crippen LogP contribution in [0.2, 0.25) is 5.02 Å². The van der Waals surface area contributed by atoms with Gasteiger partial charge in [-0.3, -0.25) is 0 Å². The summed E-state index contributed by atoms with van der Waals surface area (Å²) >= 11 is 8.37. The van der Waals surface area contributed by atoms with E-state index in [4.69, 9.17) is 11.6 Å². The standard InChI is InChI=1S/C16H16ClFIN/c1-20-13(9-11-5-7-12(19)8-6-11)10-14-15(17)3-2-4-16(14)18/h2-8,13,20H,9-10H2,1H3. The molecule has 4 heteroatoms. The number of hydrogen-bond donors (Lipinski definition) is 1. The minimum Gasteiger partial charge on any atom is -0.316 e. The Morgan fingerprint density at radius 3 is 2.45 bits per heavy atom. The molecule has 0 spiro atoms. The second-order valence-corrected chi connectivity index (χ2v) is 6.37. The number of benzene rings is 2. The van der Waals surface area contributed by atoms with Crippen LogP contribution in [0.15, 0.2) is 42.5 Å². The summed E-state index contributed by atoms with van der Waals surface area (Å²) in [6.45, 7) is 0. The van der Waals surface area contributed by atoms with E-state index in [2.05, 4.69) is 52.2 Å². The van der Waals surface area contributed by atoms with E-state index in [1.165, 1.54) is 15.2 Å². The number of hydrogen-bond acceptors (Lipinski definition) is 1. The Morgan fingerprint density at radius 1 is 1.15 bits per heavy atom. The van der Waals surface area contributed by atoms with Crippen LogP contribution in [0.5, 0.6) is 0 Å². The number of rotatable bonds is 5. The average Bonchev–Trinajstić information content (AvgIpc) is 2.44. The van der Waals surface area contributed by atoms with Gasteiger partial charge in [0, 0.05) is 20.2 Å². The first-order chi connectivity index (χ1) is 9.60. The van der Waals surface area contributed by atoms with Crippen LogP contribution in [0.4, 0.5) is 4.39 Å². The highest BCUT2D eigenvalue weighted by molar-refractivity contribution is 14.1. The Hall–Kier alpha value is -0.650. The van der Waals surface area contributed by atoms with Crippen molar-refractivity contribution in [2.75, 3.05) is 7.05 Å². The molecule has 0 aliphatic carbocycles. The molecular formula is C16H16ClFIN. The van der Waals surface area contributed by atoms with Crippen molar-refractivity contribution in [2.45, 2.75) is 18.9 Å². The summed E-state index contributed by atoms with van der Waals surface area (Å²) in [5.41, 5.74) is 1.82. The molecule has 2 aromatic carbocycles. The third-order valence-corrected chi connectivity index (χ3v) is 4.39. The Morgan fingerprint density at radius 2 is 1.85 bits per heavy atom. The maximum Gasteiger partial charge on any atom is 0.127 e. The molecule has 1 unspecified atom stereocenters. The third kappa shape index (κ3) is 4.17. The number of likely N-dealkylation sites (N-methyl/N-ethyl adjacent to an activating group) is 1. The van der Waals surface area contributed by atoms with Gasteiger partial charge in [0.2, 0.25) is 0 Å². The van der Waals surface area contributed by atoms with E-state index in [0.29, 0.717) is 17.0 Å². The Kier molecular flexibility index (Phi) is 5.81. The Balaban J connectivity index is 2.11. The largest absolute Gasteiger partial charge is 0.316 e. The third-order valence-electron chi connectivity index (χ3n) is 3.32. The fraction of sp³-hybridized carbons (Fsp3) is 0.250. The molecule has 106 valence electrons. The molecule has 0 aromatic heterocycles. The van der Waals surface area contributed by atoms with Crippen molar-refractivity contribution in [1.29, 1.82) is 0 Å². The highest BCUT2D eigenvalue weighted by Gasteiger charge is 2.14. The maximum atomic E-state index is 13.8. The van der Waals surface area contributed by atoms with E-state index in [0.717, 1.165) is 6.42 Å². The van der Waals surface area contributed by atoms with Crippen molar-refractivity contribution in [2.24, 2.45) is 0 Å². The quantitative estimate of drug-likeness (QED) is 0.727. The smallest absolute Gasteiger partial charge is 0.127 e. The van der Waals surface area contributed by atoms with Crippen molar-refractivity contribution in [3.63, 3.8) is 0 Å². The lowest BCUT2D eigenvalue weighted by atomic mass is 9.99. The molecule has 0 saturated carbocycles. The van der Waals surface area contributed by atoms with Crippen molar-refractivity contribution in [3.8, 4) is 0 Å². The minimum atomic E-state index is -0.236. The van der Waals surface area contributed by atoms with Crippen LogP contribution in [-0.2, 0) is 12.8 Å². The SMILES string of the molecule is CNC(Cc1ccc(I)cc1)Cc1c(F)cccc1Cl. The van der Waals surface area contributed by atoms with Crippen LogP contribution >= 0.6 is 34.2 Å². The molecule has 0 bridgehead atoms. The molecular weight excluding hydrogens is 388 g/mol. The van der Waals surface area contributed by atoms with E-state index in [9.17, 15) is 4.39 Å². The fourth-order valence-corrected chi connectivity index (χ4v) is 2.75. The van der Waals surface area contributed by atoms with Crippen molar-refractivity contribution in [1.82, 2.24) is 5.32 Å². The second-order valence-electron chi connectivity index (χ2n) is 4.72. The molecule has 0 aliphatic rings. The molecule has 1 atom stereocenters. The summed E-state index contributed by atoms with van der Waals surface area (Å²) in [5, 5.41) is 3.73. The van der Waals surface area contributed by atoms with Gasteiger partial charge in [-0.2, -0.15) is 0 Å². The van der Waals surface area contributed by atoms with Gasteiger partial charge in [-0.05, 0) is 72.3 Å². The first-order valence-electron chi connectivity index (χ1n) is 6.44. The maximum absolute atomic E-state index is 13.8. The first kappa shape index (κ1) is 15.7. The molecule has 1 nitrogen and oxygen atoms in total. The minimum absolute atomic E-state index is 0.157. The molecule has 0 radical (unpaired) electrons. The van der Waals surface area contributed by atoms with E-state index in [-0.39, 0.29) is 11.9 Å². The molecule has 0 fully saturated rings. The molecule has 0 heterocycles. The molecule has 2 aromatic rings. The van der Waals surface area contributed by atoms with Gasteiger partial charge in [-0.25, -0.2) is 4.39 Å². The summed E-state index contributed by atoms with van der Waals surface area (Å²) in [4.78, 5) is 0. The van der Waals surface area contributed by atoms with E-state index in [1.54, 1.807) is 12.1 Å². The molecule has 1 N–H and O–H groups in total. The molecule has 2 rings (SSSR count). The van der Waals surface area contributed by atoms with Gasteiger partial charge >= 0.3 is 0 Å². The molecule has 0 aliphatic heterocycles. The van der Waals surface area contributed by atoms with Crippen molar-refractivity contribution in [3.05, 3.63) is 68.0 Å². The van der Waals surface area contributed by atoms with Gasteiger partial charge in [0.15, 0.2) is 0 Å². The highest BCUT2D eigenvalue weighted by atomic mass is 127. The normalized spacial score (nSPS) is 12.4. The predicted octanol–water partition coefficient (Wildman–Crippen LogP) is 4.46. The molecule has 20 heavy (non-hydrogen) atoms. The van der Waals surface area contributed by atoms with Crippen LogP contribution in [0, 0.1) is 9.39 Å². The lowest BCUT2D eigenvalue weighted by molar-refractivity contribution is 0.532. The van der Waals surface area contributed by atoms with E-state index >= 15 is 0 Å². The van der Waals surface area contributed by atoms with Crippen LogP contribution in [-0.4, -0.2) is 13.1 Å². The number of nitrogens with one attached hydrogen (secondary N) is 1. The fourth-order valence-electron chi connectivity index (χ4n) is 2.16. The zero-order valence-electron chi connectivity index (χ0n) is 11.2. The van der Waals surface area contributed by atoms with E-state index in [1.807, 2.05) is 7.05 Å². The Bertz CT molecular complexity index is 551. The van der Waals surface area contributed by atoms with E-state index < -0.39 is 0 Å². The number of halogens is 3. The highest BCUT2D eigenvalue weighted by Crippen LogP contribution is 2.21.